The molecule has 0 fully saturated rings. The Morgan fingerprint density at radius 1 is 1.50 bits per heavy atom. The molecule has 0 radical (unpaired) electrons. The van der Waals surface area contributed by atoms with Crippen molar-refractivity contribution in [2.45, 2.75) is 13.3 Å². The Kier molecular flexibility index (Phi) is 6.69. The minimum Gasteiger partial charge on any atom is -0.484 e. The van der Waals surface area contributed by atoms with Gasteiger partial charge in [0.05, 0.1) is 0 Å². The van der Waals surface area contributed by atoms with E-state index in [1.54, 1.807) is 0 Å². The molecule has 1 aliphatic carbocycles. The number of rotatable bonds is 0. The number of H-pyrrole nitrogens is 1. The van der Waals surface area contributed by atoms with Gasteiger partial charge in [0.15, 0.2) is 0 Å². The molecule has 64 valence electrons. The summed E-state index contributed by atoms with van der Waals surface area (Å²) in [5.41, 5.74) is 1.16. The van der Waals surface area contributed by atoms with Crippen LogP contribution in [0.5, 0.6) is 0 Å². The van der Waals surface area contributed by atoms with Crippen LogP contribution in [0.15, 0.2) is 30.5 Å². The standard InChI is InChI=1S/C5H6N.C5H5.Ru/c1-5-2-3-6-4-5;1-2-4-5-3-1;/h2-3,6H,1H3;1-3H,4H2;/q2*-1;+2. The van der Waals surface area contributed by atoms with Crippen LogP contribution in [0.2, 0.25) is 0 Å². The smallest absolute Gasteiger partial charge is 0.484 e. The van der Waals surface area contributed by atoms with E-state index >= 15 is 0 Å². The molecule has 0 bridgehead atoms. The monoisotopic (exact) mass is 247 g/mol. The van der Waals surface area contributed by atoms with E-state index in [0.717, 1.165) is 12.0 Å². The Bertz CT molecular complexity index is 224. The first-order chi connectivity index (χ1) is 5.39. The molecule has 1 aliphatic rings. The van der Waals surface area contributed by atoms with E-state index in [1.165, 1.54) is 0 Å². The number of aromatic nitrogens is 1. The van der Waals surface area contributed by atoms with Crippen LogP contribution in [-0.2, 0) is 19.5 Å². The quantitative estimate of drug-likeness (QED) is 0.534. The van der Waals surface area contributed by atoms with Crippen molar-refractivity contribution >= 4 is 0 Å². The van der Waals surface area contributed by atoms with Crippen LogP contribution in [0.25, 0.3) is 0 Å². The molecular weight excluding hydrogens is 235 g/mol. The van der Waals surface area contributed by atoms with Gasteiger partial charge in [-0.2, -0.15) is 23.9 Å². The van der Waals surface area contributed by atoms with Gasteiger partial charge in [0, 0.05) is 0 Å². The molecule has 0 saturated heterocycles. The first-order valence-electron chi connectivity index (χ1n) is 3.63. The topological polar surface area (TPSA) is 15.8 Å². The molecule has 1 heterocycles. The maximum absolute atomic E-state index is 2.99. The molecule has 12 heavy (non-hydrogen) atoms. The summed E-state index contributed by atoms with van der Waals surface area (Å²) in [7, 11) is 0. The number of hydrogen-bond donors (Lipinski definition) is 1. The molecular formula is C10H11NRu. The predicted octanol–water partition coefficient (Wildman–Crippen LogP) is 2.43. The molecule has 1 N–H and O–H groups in total. The third-order valence-electron chi connectivity index (χ3n) is 1.27. The molecule has 1 nitrogen and oxygen atoms in total. The number of allylic oxidation sites excluding steroid dienone is 4. The van der Waals surface area contributed by atoms with Crippen molar-refractivity contribution in [1.29, 1.82) is 0 Å². The summed E-state index contributed by atoms with van der Waals surface area (Å²) in [6.45, 7) is 2.00. The summed E-state index contributed by atoms with van der Waals surface area (Å²) in [5.74, 6) is 0. The Morgan fingerprint density at radius 3 is 2.50 bits per heavy atom. The van der Waals surface area contributed by atoms with Gasteiger partial charge < -0.3 is 4.98 Å². The summed E-state index contributed by atoms with van der Waals surface area (Å²) in [5, 5.41) is 0. The van der Waals surface area contributed by atoms with E-state index in [1.807, 2.05) is 31.3 Å². The van der Waals surface area contributed by atoms with Crippen LogP contribution in [0.3, 0.4) is 0 Å². The largest absolute Gasteiger partial charge is 2.00 e. The van der Waals surface area contributed by atoms with Crippen LogP contribution >= 0.6 is 0 Å². The molecule has 0 aromatic carbocycles. The van der Waals surface area contributed by atoms with Gasteiger partial charge in [0.2, 0.25) is 0 Å². The van der Waals surface area contributed by atoms with E-state index in [4.69, 9.17) is 0 Å². The fraction of sp³-hybridized carbons (Fsp3) is 0.200. The number of nitrogens with one attached hydrogen (secondary N) is 1. The fourth-order valence-corrected chi connectivity index (χ4v) is 0.704. The van der Waals surface area contributed by atoms with Crippen molar-refractivity contribution in [2.24, 2.45) is 0 Å². The van der Waals surface area contributed by atoms with Crippen LogP contribution in [0.4, 0.5) is 0 Å². The molecule has 1 aromatic heterocycles. The Balaban J connectivity index is 0.000000189. The van der Waals surface area contributed by atoms with E-state index < -0.39 is 0 Å². The zero-order valence-corrected chi connectivity index (χ0v) is 8.69. The van der Waals surface area contributed by atoms with E-state index in [2.05, 4.69) is 23.3 Å². The Morgan fingerprint density at radius 2 is 2.33 bits per heavy atom. The van der Waals surface area contributed by atoms with E-state index in [9.17, 15) is 0 Å². The van der Waals surface area contributed by atoms with Gasteiger partial charge in [-0.25, -0.2) is 12.2 Å². The van der Waals surface area contributed by atoms with Gasteiger partial charge in [0.25, 0.3) is 0 Å². The molecule has 0 atom stereocenters. The molecule has 0 spiro atoms. The van der Waals surface area contributed by atoms with Gasteiger partial charge in [0.1, 0.15) is 0 Å². The van der Waals surface area contributed by atoms with Gasteiger partial charge in [-0.3, -0.25) is 6.08 Å². The Labute approximate surface area is 86.3 Å². The van der Waals surface area contributed by atoms with Gasteiger partial charge >= 0.3 is 19.5 Å². The first kappa shape index (κ1) is 11.4. The van der Waals surface area contributed by atoms with Crippen molar-refractivity contribution in [3.05, 3.63) is 48.3 Å². The van der Waals surface area contributed by atoms with Crippen molar-refractivity contribution in [3.8, 4) is 0 Å². The summed E-state index contributed by atoms with van der Waals surface area (Å²) in [6.07, 6.45) is 14.7. The van der Waals surface area contributed by atoms with E-state index in [0.29, 0.717) is 0 Å². The maximum Gasteiger partial charge on any atom is 2.00 e. The second-order valence-electron chi connectivity index (χ2n) is 2.29. The first-order valence-corrected chi connectivity index (χ1v) is 3.63. The van der Waals surface area contributed by atoms with Gasteiger partial charge in [-0.1, -0.05) is 6.92 Å². The second kappa shape index (κ2) is 7.06. The average molecular weight is 246 g/mol. The van der Waals surface area contributed by atoms with Crippen molar-refractivity contribution < 1.29 is 19.5 Å². The normalized spacial score (nSPS) is 11.8. The van der Waals surface area contributed by atoms with Crippen LogP contribution in [0, 0.1) is 19.2 Å². The fourth-order valence-electron chi connectivity index (χ4n) is 0.704. The van der Waals surface area contributed by atoms with E-state index in [-0.39, 0.29) is 19.5 Å². The van der Waals surface area contributed by atoms with Crippen LogP contribution in [0.1, 0.15) is 12.0 Å². The number of aromatic amines is 1. The molecule has 1 aromatic rings. The predicted molar refractivity (Wildman–Crippen MR) is 45.9 cm³/mol. The van der Waals surface area contributed by atoms with Crippen LogP contribution < -0.4 is 0 Å². The summed E-state index contributed by atoms with van der Waals surface area (Å²) in [4.78, 5) is 2.80. The van der Waals surface area contributed by atoms with Crippen molar-refractivity contribution in [1.82, 2.24) is 4.98 Å². The summed E-state index contributed by atoms with van der Waals surface area (Å²) < 4.78 is 0. The van der Waals surface area contributed by atoms with Crippen molar-refractivity contribution in [3.63, 3.8) is 0 Å². The molecule has 0 saturated carbocycles. The average Bonchev–Trinajstić information content (AvgIpc) is 2.57. The van der Waals surface area contributed by atoms with Gasteiger partial charge in [-0.15, -0.1) is 12.6 Å². The Hall–Kier alpha value is -0.617. The molecule has 2 rings (SSSR count). The molecule has 0 unspecified atom stereocenters. The summed E-state index contributed by atoms with van der Waals surface area (Å²) in [6, 6.07) is 1.97. The zero-order chi connectivity index (χ0) is 7.94. The third-order valence-corrected chi connectivity index (χ3v) is 1.27. The maximum atomic E-state index is 2.99. The van der Waals surface area contributed by atoms with Crippen LogP contribution in [-0.4, -0.2) is 4.98 Å². The number of aryl methyl sites for hydroxylation is 1. The molecule has 0 amide bonds. The molecule has 0 aliphatic heterocycles. The zero-order valence-electron chi connectivity index (χ0n) is 6.95. The minimum absolute atomic E-state index is 0. The second-order valence-corrected chi connectivity index (χ2v) is 2.29. The molecule has 2 heteroatoms. The van der Waals surface area contributed by atoms with Crippen molar-refractivity contribution in [2.75, 3.05) is 0 Å². The van der Waals surface area contributed by atoms with Gasteiger partial charge in [-0.05, 0) is 0 Å². The SMILES string of the molecule is Cc1[c-][nH]cc1.[C-]1=CC=CC1.[Ru+2]. The minimum atomic E-state index is 0. The summed E-state index contributed by atoms with van der Waals surface area (Å²) >= 11 is 0. The third kappa shape index (κ3) is 5.09. The number of hydrogen-bond acceptors (Lipinski definition) is 0.